The summed E-state index contributed by atoms with van der Waals surface area (Å²) in [6.07, 6.45) is 4.13. The molecular weight excluding hydrogens is 479 g/mol. The number of carbonyl (C=O) groups is 1. The summed E-state index contributed by atoms with van der Waals surface area (Å²) in [6.45, 7) is 8.31. The van der Waals surface area contributed by atoms with Crippen molar-refractivity contribution in [1.82, 2.24) is 15.6 Å². The molecule has 1 aromatic rings. The van der Waals surface area contributed by atoms with Crippen LogP contribution in [0.1, 0.15) is 53.1 Å². The van der Waals surface area contributed by atoms with Crippen LogP contribution in [0.5, 0.6) is 0 Å². The van der Waals surface area contributed by atoms with Gasteiger partial charge < -0.3 is 20.1 Å². The Bertz CT molecular complexity index is 676. The lowest BCUT2D eigenvalue weighted by Gasteiger charge is -2.18. The number of guanidine groups is 1. The first-order valence-electron chi connectivity index (χ1n) is 8.92. The van der Waals surface area contributed by atoms with Crippen molar-refractivity contribution in [1.29, 1.82) is 0 Å². The number of ether oxygens (including phenoxy) is 2. The summed E-state index contributed by atoms with van der Waals surface area (Å²) in [5.41, 5.74) is 2.12. The summed E-state index contributed by atoms with van der Waals surface area (Å²) in [5, 5.41) is 7.48. The molecule has 0 aromatic carbocycles. The number of nitrogens with one attached hydrogen (secondary N) is 2. The summed E-state index contributed by atoms with van der Waals surface area (Å²) < 4.78 is 10.4. The predicted octanol–water partition coefficient (Wildman–Crippen LogP) is 3.21. The Hall–Kier alpha value is -1.20. The van der Waals surface area contributed by atoms with Crippen molar-refractivity contribution in [2.75, 3.05) is 33.4 Å². The van der Waals surface area contributed by atoms with Crippen LogP contribution >= 0.6 is 35.3 Å². The van der Waals surface area contributed by atoms with Gasteiger partial charge in [-0.15, -0.1) is 35.3 Å². The molecule has 1 aromatic heterocycles. The largest absolute Gasteiger partial charge is 0.462 e. The Morgan fingerprint density at radius 3 is 2.93 bits per heavy atom. The normalized spacial score (nSPS) is 15.4. The van der Waals surface area contributed by atoms with Crippen molar-refractivity contribution in [3.63, 3.8) is 0 Å². The average Bonchev–Trinajstić information content (AvgIpc) is 3.04. The quantitative estimate of drug-likeness (QED) is 0.194. The van der Waals surface area contributed by atoms with Crippen LogP contribution in [-0.2, 0) is 9.47 Å². The summed E-state index contributed by atoms with van der Waals surface area (Å²) in [6, 6.07) is -0.0598. The van der Waals surface area contributed by atoms with Crippen LogP contribution in [0, 0.1) is 6.92 Å². The molecule has 152 valence electrons. The highest BCUT2D eigenvalue weighted by Crippen LogP contribution is 2.24. The maximum absolute atomic E-state index is 11.9. The molecule has 0 aliphatic carbocycles. The van der Waals surface area contributed by atoms with Crippen molar-refractivity contribution in [2.45, 2.75) is 39.7 Å². The molecule has 0 amide bonds. The van der Waals surface area contributed by atoms with Gasteiger partial charge in [-0.3, -0.25) is 4.99 Å². The number of hydrogen-bond donors (Lipinski definition) is 2. The predicted molar refractivity (Wildman–Crippen MR) is 119 cm³/mol. The Kier molecular flexibility index (Phi) is 10.9. The molecule has 1 aliphatic rings. The first-order valence-corrected chi connectivity index (χ1v) is 9.74. The average molecular weight is 508 g/mol. The van der Waals surface area contributed by atoms with Crippen molar-refractivity contribution in [3.8, 4) is 0 Å². The van der Waals surface area contributed by atoms with Gasteiger partial charge in [0.25, 0.3) is 0 Å². The van der Waals surface area contributed by atoms with Gasteiger partial charge in [0.05, 0.1) is 31.6 Å². The number of thiazole rings is 1. The van der Waals surface area contributed by atoms with E-state index >= 15 is 0 Å². The SMILES string of the molecule is CCOC(=O)c1sc(C(C)NC(=NC)NCCC2=CCOCC2)nc1C.I. The first-order chi connectivity index (χ1) is 12.5. The van der Waals surface area contributed by atoms with E-state index in [0.717, 1.165) is 37.0 Å². The zero-order valence-electron chi connectivity index (χ0n) is 16.3. The molecule has 0 bridgehead atoms. The van der Waals surface area contributed by atoms with Gasteiger partial charge in [0, 0.05) is 13.6 Å². The smallest absolute Gasteiger partial charge is 0.350 e. The van der Waals surface area contributed by atoms with Crippen LogP contribution in [0.4, 0.5) is 0 Å². The number of halogens is 1. The van der Waals surface area contributed by atoms with Gasteiger partial charge in [-0.05, 0) is 33.6 Å². The van der Waals surface area contributed by atoms with Gasteiger partial charge >= 0.3 is 5.97 Å². The summed E-state index contributed by atoms with van der Waals surface area (Å²) in [7, 11) is 1.74. The van der Waals surface area contributed by atoms with E-state index in [1.807, 2.05) is 13.8 Å². The number of carbonyl (C=O) groups excluding carboxylic acids is 1. The van der Waals surface area contributed by atoms with E-state index in [1.165, 1.54) is 16.9 Å². The molecule has 0 spiro atoms. The molecule has 0 radical (unpaired) electrons. The summed E-state index contributed by atoms with van der Waals surface area (Å²) in [4.78, 5) is 21.3. The Morgan fingerprint density at radius 2 is 2.30 bits per heavy atom. The minimum absolute atomic E-state index is 0. The van der Waals surface area contributed by atoms with Crippen LogP contribution in [0.2, 0.25) is 0 Å². The molecule has 9 heteroatoms. The number of aliphatic imine (C=N–C) groups is 1. The molecule has 2 rings (SSSR count). The number of rotatable bonds is 7. The minimum atomic E-state index is -0.312. The number of esters is 1. The minimum Gasteiger partial charge on any atom is -0.462 e. The fourth-order valence-electron chi connectivity index (χ4n) is 2.58. The monoisotopic (exact) mass is 508 g/mol. The van der Waals surface area contributed by atoms with Crippen LogP contribution < -0.4 is 10.6 Å². The van der Waals surface area contributed by atoms with E-state index in [9.17, 15) is 4.79 Å². The fraction of sp³-hybridized carbons (Fsp3) is 0.611. The topological polar surface area (TPSA) is 84.8 Å². The fourth-order valence-corrected chi connectivity index (χ4v) is 3.55. The van der Waals surface area contributed by atoms with Crippen molar-refractivity contribution >= 4 is 47.2 Å². The zero-order valence-corrected chi connectivity index (χ0v) is 19.5. The molecule has 0 fully saturated rings. The molecule has 0 saturated carbocycles. The van der Waals surface area contributed by atoms with Gasteiger partial charge in [0.1, 0.15) is 9.88 Å². The Morgan fingerprint density at radius 1 is 1.52 bits per heavy atom. The zero-order chi connectivity index (χ0) is 18.9. The van der Waals surface area contributed by atoms with Crippen molar-refractivity contribution < 1.29 is 14.3 Å². The van der Waals surface area contributed by atoms with E-state index in [1.54, 1.807) is 14.0 Å². The summed E-state index contributed by atoms with van der Waals surface area (Å²) in [5.74, 6) is 0.406. The van der Waals surface area contributed by atoms with E-state index in [4.69, 9.17) is 9.47 Å². The molecule has 7 nitrogen and oxygen atoms in total. The third-order valence-corrected chi connectivity index (χ3v) is 5.34. The maximum Gasteiger partial charge on any atom is 0.350 e. The number of nitrogens with zero attached hydrogens (tertiary/aromatic N) is 2. The van der Waals surface area contributed by atoms with E-state index in [-0.39, 0.29) is 36.0 Å². The molecule has 27 heavy (non-hydrogen) atoms. The van der Waals surface area contributed by atoms with Gasteiger partial charge in [-0.25, -0.2) is 9.78 Å². The van der Waals surface area contributed by atoms with Gasteiger partial charge in [0.2, 0.25) is 0 Å². The van der Waals surface area contributed by atoms with E-state index < -0.39 is 0 Å². The molecule has 1 aliphatic heterocycles. The molecule has 1 atom stereocenters. The molecule has 2 N–H and O–H groups in total. The first kappa shape index (κ1) is 23.8. The Labute approximate surface area is 182 Å². The third-order valence-electron chi connectivity index (χ3n) is 4.02. The second-order valence-electron chi connectivity index (χ2n) is 5.99. The second-order valence-corrected chi connectivity index (χ2v) is 7.02. The van der Waals surface area contributed by atoms with Crippen molar-refractivity contribution in [3.05, 3.63) is 27.2 Å². The van der Waals surface area contributed by atoms with Gasteiger partial charge in [-0.1, -0.05) is 11.6 Å². The van der Waals surface area contributed by atoms with Crippen molar-refractivity contribution in [2.24, 2.45) is 4.99 Å². The van der Waals surface area contributed by atoms with Crippen LogP contribution in [-0.4, -0.2) is 50.3 Å². The lowest BCUT2D eigenvalue weighted by Crippen LogP contribution is -2.39. The highest BCUT2D eigenvalue weighted by molar-refractivity contribution is 14.0. The van der Waals surface area contributed by atoms with Crippen LogP contribution in [0.3, 0.4) is 0 Å². The highest BCUT2D eigenvalue weighted by atomic mass is 127. The molecule has 0 saturated heterocycles. The summed E-state index contributed by atoms with van der Waals surface area (Å²) >= 11 is 1.36. The van der Waals surface area contributed by atoms with E-state index in [2.05, 4.69) is 26.7 Å². The Balaban J connectivity index is 0.00000364. The lowest BCUT2D eigenvalue weighted by atomic mass is 10.1. The lowest BCUT2D eigenvalue weighted by molar-refractivity contribution is 0.0531. The molecule has 2 heterocycles. The van der Waals surface area contributed by atoms with Gasteiger partial charge in [-0.2, -0.15) is 0 Å². The van der Waals surface area contributed by atoms with E-state index in [0.29, 0.717) is 23.8 Å². The highest BCUT2D eigenvalue weighted by Gasteiger charge is 2.20. The maximum atomic E-state index is 11.9. The molecule has 1 unspecified atom stereocenters. The van der Waals surface area contributed by atoms with Gasteiger partial charge in [0.15, 0.2) is 5.96 Å². The number of aryl methyl sites for hydroxylation is 1. The molecular formula is C18H29IN4O3S. The van der Waals surface area contributed by atoms with Crippen LogP contribution in [0.15, 0.2) is 16.6 Å². The number of aromatic nitrogens is 1. The third kappa shape index (κ3) is 7.38. The second kappa shape index (κ2) is 12.3. The number of hydrogen-bond acceptors (Lipinski definition) is 6. The van der Waals surface area contributed by atoms with Crippen LogP contribution in [0.25, 0.3) is 0 Å². The standard InChI is InChI=1S/C18H28N4O3S.HI/c1-5-25-17(23)15-12(2)21-16(26-15)13(3)22-18(19-4)20-9-6-14-7-10-24-11-8-14;/h7,13H,5-6,8-11H2,1-4H3,(H2,19,20,22);1H.